The van der Waals surface area contributed by atoms with E-state index in [1.165, 1.54) is 10.6 Å². The number of hydrogen-bond donors (Lipinski definition) is 1. The second-order valence-corrected chi connectivity index (χ2v) is 4.18. The van der Waals surface area contributed by atoms with Gasteiger partial charge in [0.15, 0.2) is 0 Å². The normalized spacial score (nSPS) is 10.0. The first-order valence-electron chi connectivity index (χ1n) is 6.36. The first-order chi connectivity index (χ1) is 9.75. The van der Waals surface area contributed by atoms with Crippen LogP contribution in [-0.4, -0.2) is 23.6 Å². The summed E-state index contributed by atoms with van der Waals surface area (Å²) in [4.78, 5) is 23.1. The average Bonchev–Trinajstić information content (AvgIpc) is 2.47. The Kier molecular flexibility index (Phi) is 4.94. The van der Waals surface area contributed by atoms with E-state index in [9.17, 15) is 9.59 Å². The van der Waals surface area contributed by atoms with Gasteiger partial charge in [0.2, 0.25) is 5.91 Å². The number of carbonyl (C=O) groups is 1. The van der Waals surface area contributed by atoms with E-state index in [1.54, 1.807) is 18.3 Å². The van der Waals surface area contributed by atoms with Crippen molar-refractivity contribution in [1.29, 1.82) is 0 Å². The Morgan fingerprint density at radius 1 is 1.10 bits per heavy atom. The predicted octanol–water partition coefficient (Wildman–Crippen LogP) is 1.04. The zero-order valence-electron chi connectivity index (χ0n) is 11.0. The Morgan fingerprint density at radius 3 is 2.60 bits per heavy atom. The van der Waals surface area contributed by atoms with Crippen LogP contribution in [0.5, 0.6) is 5.75 Å². The fourth-order valence-corrected chi connectivity index (χ4v) is 1.68. The number of benzene rings is 1. The van der Waals surface area contributed by atoms with Crippen LogP contribution < -0.4 is 15.6 Å². The van der Waals surface area contributed by atoms with Gasteiger partial charge in [-0.3, -0.25) is 9.59 Å². The number of ether oxygens (including phenoxy) is 1. The highest BCUT2D eigenvalue weighted by atomic mass is 16.5. The lowest BCUT2D eigenvalue weighted by molar-refractivity contribution is -0.121. The maximum absolute atomic E-state index is 11.6. The Balaban J connectivity index is 1.71. The summed E-state index contributed by atoms with van der Waals surface area (Å²) in [6.07, 6.45) is 1.59. The summed E-state index contributed by atoms with van der Waals surface area (Å²) in [7, 11) is 0. The number of para-hydroxylation sites is 1. The second-order valence-electron chi connectivity index (χ2n) is 4.18. The van der Waals surface area contributed by atoms with E-state index in [4.69, 9.17) is 4.74 Å². The number of pyridine rings is 1. The van der Waals surface area contributed by atoms with Crippen LogP contribution >= 0.6 is 0 Å². The van der Waals surface area contributed by atoms with Crippen molar-refractivity contribution in [2.75, 3.05) is 13.2 Å². The molecule has 0 radical (unpaired) electrons. The molecule has 0 saturated heterocycles. The molecular weight excluding hydrogens is 256 g/mol. The van der Waals surface area contributed by atoms with E-state index in [0.29, 0.717) is 13.2 Å². The van der Waals surface area contributed by atoms with Crippen LogP contribution in [0.2, 0.25) is 0 Å². The highest BCUT2D eigenvalue weighted by Crippen LogP contribution is 2.07. The summed E-state index contributed by atoms with van der Waals surface area (Å²) in [6.45, 7) is 0.805. The fraction of sp³-hybridized carbons (Fsp3) is 0.200. The lowest BCUT2D eigenvalue weighted by atomic mass is 10.3. The molecule has 20 heavy (non-hydrogen) atoms. The summed E-state index contributed by atoms with van der Waals surface area (Å²) in [5, 5.41) is 2.70. The standard InChI is InChI=1S/C15H16N2O3/c18-14(12-17-10-5-4-8-15(17)19)16-9-11-20-13-6-2-1-3-7-13/h1-8,10H,9,11-12H2,(H,16,18). The summed E-state index contributed by atoms with van der Waals surface area (Å²) in [5.41, 5.74) is -0.191. The van der Waals surface area contributed by atoms with Crippen LogP contribution in [-0.2, 0) is 11.3 Å². The van der Waals surface area contributed by atoms with Gasteiger partial charge >= 0.3 is 0 Å². The zero-order chi connectivity index (χ0) is 14.2. The van der Waals surface area contributed by atoms with Crippen LogP contribution in [0.15, 0.2) is 59.5 Å². The molecule has 0 saturated carbocycles. The third-order valence-corrected chi connectivity index (χ3v) is 2.65. The summed E-state index contributed by atoms with van der Waals surface area (Å²) >= 11 is 0. The Labute approximate surface area is 116 Å². The number of amides is 1. The van der Waals surface area contributed by atoms with Gasteiger partial charge in [0.05, 0.1) is 6.54 Å². The molecule has 0 atom stereocenters. The van der Waals surface area contributed by atoms with Crippen molar-refractivity contribution >= 4 is 5.91 Å². The molecule has 0 fully saturated rings. The van der Waals surface area contributed by atoms with E-state index in [-0.39, 0.29) is 18.0 Å². The van der Waals surface area contributed by atoms with Gasteiger partial charge in [-0.25, -0.2) is 0 Å². The monoisotopic (exact) mass is 272 g/mol. The molecule has 0 unspecified atom stereocenters. The molecule has 0 bridgehead atoms. The molecule has 5 nitrogen and oxygen atoms in total. The highest BCUT2D eigenvalue weighted by Gasteiger charge is 2.03. The number of carbonyl (C=O) groups excluding carboxylic acids is 1. The van der Waals surface area contributed by atoms with Crippen molar-refractivity contribution in [3.8, 4) is 5.75 Å². The minimum atomic E-state index is -0.213. The molecule has 1 aromatic heterocycles. The zero-order valence-corrected chi connectivity index (χ0v) is 11.0. The van der Waals surface area contributed by atoms with Crippen molar-refractivity contribution in [2.24, 2.45) is 0 Å². The summed E-state index contributed by atoms with van der Waals surface area (Å²) < 4.78 is 6.80. The molecule has 0 aliphatic carbocycles. The molecule has 0 spiro atoms. The van der Waals surface area contributed by atoms with Crippen LogP contribution in [0, 0.1) is 0 Å². The van der Waals surface area contributed by atoms with E-state index in [2.05, 4.69) is 5.32 Å². The second kappa shape index (κ2) is 7.13. The molecule has 0 aliphatic rings. The number of nitrogens with zero attached hydrogens (tertiary/aromatic N) is 1. The van der Waals surface area contributed by atoms with Gasteiger partial charge in [-0.15, -0.1) is 0 Å². The summed E-state index contributed by atoms with van der Waals surface area (Å²) in [6, 6.07) is 14.2. The molecule has 2 rings (SSSR count). The van der Waals surface area contributed by atoms with Gasteiger partial charge in [0, 0.05) is 12.3 Å². The topological polar surface area (TPSA) is 60.3 Å². The quantitative estimate of drug-likeness (QED) is 0.799. The van der Waals surface area contributed by atoms with E-state index < -0.39 is 0 Å². The molecule has 1 N–H and O–H groups in total. The third-order valence-electron chi connectivity index (χ3n) is 2.65. The van der Waals surface area contributed by atoms with Gasteiger partial charge in [-0.05, 0) is 18.2 Å². The Morgan fingerprint density at radius 2 is 1.85 bits per heavy atom. The minimum absolute atomic E-state index is 0.0189. The molecule has 5 heteroatoms. The largest absolute Gasteiger partial charge is 0.492 e. The van der Waals surface area contributed by atoms with Crippen molar-refractivity contribution in [1.82, 2.24) is 9.88 Å². The first-order valence-corrected chi connectivity index (χ1v) is 6.36. The van der Waals surface area contributed by atoms with Gasteiger partial charge in [0.25, 0.3) is 5.56 Å². The van der Waals surface area contributed by atoms with Crippen molar-refractivity contribution in [2.45, 2.75) is 6.54 Å². The Hall–Kier alpha value is -2.56. The molecular formula is C15H16N2O3. The fourth-order valence-electron chi connectivity index (χ4n) is 1.68. The maximum Gasteiger partial charge on any atom is 0.250 e. The van der Waals surface area contributed by atoms with Crippen molar-refractivity contribution in [3.05, 3.63) is 65.1 Å². The van der Waals surface area contributed by atoms with Gasteiger partial charge < -0.3 is 14.6 Å². The molecule has 1 heterocycles. The predicted molar refractivity (Wildman–Crippen MR) is 75.6 cm³/mol. The molecule has 0 aliphatic heterocycles. The maximum atomic E-state index is 11.6. The number of aromatic nitrogens is 1. The highest BCUT2D eigenvalue weighted by molar-refractivity contribution is 5.75. The number of hydrogen-bond acceptors (Lipinski definition) is 3. The lowest BCUT2D eigenvalue weighted by Crippen LogP contribution is -2.34. The Bertz CT molecular complexity index is 608. The first kappa shape index (κ1) is 13.9. The van der Waals surface area contributed by atoms with Gasteiger partial charge in [-0.2, -0.15) is 0 Å². The molecule has 2 aromatic rings. The van der Waals surface area contributed by atoms with Crippen LogP contribution in [0.4, 0.5) is 0 Å². The van der Waals surface area contributed by atoms with Gasteiger partial charge in [0.1, 0.15) is 18.9 Å². The molecule has 104 valence electrons. The summed E-state index contributed by atoms with van der Waals surface area (Å²) in [5.74, 6) is 0.552. The van der Waals surface area contributed by atoms with Crippen LogP contribution in [0.3, 0.4) is 0 Å². The molecule has 1 amide bonds. The van der Waals surface area contributed by atoms with E-state index >= 15 is 0 Å². The van der Waals surface area contributed by atoms with Gasteiger partial charge in [-0.1, -0.05) is 24.3 Å². The van der Waals surface area contributed by atoms with Crippen LogP contribution in [0.1, 0.15) is 0 Å². The SMILES string of the molecule is O=C(Cn1ccccc1=O)NCCOc1ccccc1. The smallest absolute Gasteiger partial charge is 0.250 e. The lowest BCUT2D eigenvalue weighted by Gasteiger charge is -2.08. The van der Waals surface area contributed by atoms with Crippen LogP contribution in [0.25, 0.3) is 0 Å². The number of rotatable bonds is 6. The minimum Gasteiger partial charge on any atom is -0.492 e. The third kappa shape index (κ3) is 4.28. The van der Waals surface area contributed by atoms with E-state index in [1.807, 2.05) is 30.3 Å². The average molecular weight is 272 g/mol. The van der Waals surface area contributed by atoms with E-state index in [0.717, 1.165) is 5.75 Å². The number of nitrogens with one attached hydrogen (secondary N) is 1. The van der Waals surface area contributed by atoms with Crippen molar-refractivity contribution in [3.63, 3.8) is 0 Å². The molecule has 1 aromatic carbocycles. The van der Waals surface area contributed by atoms with Crippen molar-refractivity contribution < 1.29 is 9.53 Å².